The normalized spacial score (nSPS) is 16.7. The zero-order valence-electron chi connectivity index (χ0n) is 10.1. The molecule has 0 atom stereocenters. The molecule has 0 spiro atoms. The van der Waals surface area contributed by atoms with Crippen molar-refractivity contribution in [3.63, 3.8) is 0 Å². The maximum atomic E-state index is 5.59. The van der Waals surface area contributed by atoms with Gasteiger partial charge in [-0.1, -0.05) is 6.42 Å². The highest BCUT2D eigenvalue weighted by atomic mass is 15.3. The minimum absolute atomic E-state index is 0.772. The highest BCUT2D eigenvalue weighted by Gasteiger charge is 2.24. The van der Waals surface area contributed by atoms with E-state index in [1.54, 1.807) is 0 Å². The van der Waals surface area contributed by atoms with Crippen LogP contribution in [0, 0.1) is 0 Å². The largest absolute Gasteiger partial charge is 0.330 e. The first-order valence-corrected chi connectivity index (χ1v) is 6.22. The molecule has 1 aromatic rings. The lowest BCUT2D eigenvalue weighted by molar-refractivity contribution is 0.117. The van der Waals surface area contributed by atoms with Gasteiger partial charge in [-0.15, -0.1) is 0 Å². The second-order valence-electron chi connectivity index (χ2n) is 4.68. The summed E-state index contributed by atoms with van der Waals surface area (Å²) < 4.78 is 1.87. The molecule has 0 radical (unpaired) electrons. The van der Waals surface area contributed by atoms with Gasteiger partial charge in [0.15, 0.2) is 0 Å². The predicted molar refractivity (Wildman–Crippen MR) is 64.9 cm³/mol. The maximum absolute atomic E-state index is 5.59. The van der Waals surface area contributed by atoms with E-state index in [2.05, 4.69) is 16.1 Å². The molecular weight excluding hydrogens is 200 g/mol. The fourth-order valence-electron chi connectivity index (χ4n) is 2.19. The van der Waals surface area contributed by atoms with Crippen molar-refractivity contribution in [1.29, 1.82) is 0 Å². The lowest BCUT2D eigenvalue weighted by atomic mass is 9.91. The summed E-state index contributed by atoms with van der Waals surface area (Å²) in [5.41, 5.74) is 6.76. The van der Waals surface area contributed by atoms with Gasteiger partial charge in [0.2, 0.25) is 0 Å². The van der Waals surface area contributed by atoms with Crippen LogP contribution in [0.2, 0.25) is 0 Å². The number of hydrogen-bond donors (Lipinski definition) is 1. The predicted octanol–water partition coefficient (Wildman–Crippen LogP) is 1.12. The number of aromatic nitrogens is 2. The van der Waals surface area contributed by atoms with Crippen molar-refractivity contribution in [2.24, 2.45) is 12.8 Å². The molecule has 4 nitrogen and oxygen atoms in total. The summed E-state index contributed by atoms with van der Waals surface area (Å²) in [6.07, 6.45) is 7.17. The molecule has 16 heavy (non-hydrogen) atoms. The molecule has 4 heteroatoms. The van der Waals surface area contributed by atoms with Gasteiger partial charge in [-0.25, -0.2) is 0 Å². The molecular formula is C12H22N4. The van der Waals surface area contributed by atoms with Crippen LogP contribution < -0.4 is 5.73 Å². The van der Waals surface area contributed by atoms with E-state index in [-0.39, 0.29) is 0 Å². The van der Waals surface area contributed by atoms with Crippen LogP contribution in [0.1, 0.15) is 31.4 Å². The van der Waals surface area contributed by atoms with Crippen LogP contribution in [-0.2, 0) is 13.6 Å². The summed E-state index contributed by atoms with van der Waals surface area (Å²) in [5.74, 6) is 0. The topological polar surface area (TPSA) is 47.1 Å². The molecule has 0 bridgehead atoms. The van der Waals surface area contributed by atoms with Gasteiger partial charge in [-0.05, 0) is 31.9 Å². The SMILES string of the molecule is Cn1ccc(CN(CCCN)C2CCC2)n1. The highest BCUT2D eigenvalue weighted by molar-refractivity contribution is 4.99. The number of rotatable bonds is 6. The van der Waals surface area contributed by atoms with E-state index in [0.29, 0.717) is 0 Å². The Balaban J connectivity index is 1.90. The minimum atomic E-state index is 0.772. The summed E-state index contributed by atoms with van der Waals surface area (Å²) in [4.78, 5) is 2.54. The highest BCUT2D eigenvalue weighted by Crippen LogP contribution is 2.25. The van der Waals surface area contributed by atoms with Crippen molar-refractivity contribution in [2.45, 2.75) is 38.3 Å². The summed E-state index contributed by atoms with van der Waals surface area (Å²) in [6.45, 7) is 2.87. The zero-order chi connectivity index (χ0) is 11.4. The van der Waals surface area contributed by atoms with Crippen molar-refractivity contribution in [3.05, 3.63) is 18.0 Å². The van der Waals surface area contributed by atoms with Gasteiger partial charge < -0.3 is 5.73 Å². The van der Waals surface area contributed by atoms with Gasteiger partial charge in [0.25, 0.3) is 0 Å². The number of aryl methyl sites for hydroxylation is 1. The van der Waals surface area contributed by atoms with Gasteiger partial charge in [0, 0.05) is 32.4 Å². The van der Waals surface area contributed by atoms with E-state index >= 15 is 0 Å². The molecule has 0 aliphatic heterocycles. The van der Waals surface area contributed by atoms with Gasteiger partial charge in [0.05, 0.1) is 5.69 Å². The average Bonchev–Trinajstić information content (AvgIpc) is 2.58. The first kappa shape index (κ1) is 11.6. The van der Waals surface area contributed by atoms with Gasteiger partial charge >= 0.3 is 0 Å². The molecule has 0 amide bonds. The third-order valence-corrected chi connectivity index (χ3v) is 3.37. The molecule has 1 aliphatic rings. The summed E-state index contributed by atoms with van der Waals surface area (Å²) in [7, 11) is 1.97. The lowest BCUT2D eigenvalue weighted by Gasteiger charge is -2.37. The van der Waals surface area contributed by atoms with Crippen LogP contribution in [0.4, 0.5) is 0 Å². The zero-order valence-corrected chi connectivity index (χ0v) is 10.1. The average molecular weight is 222 g/mol. The van der Waals surface area contributed by atoms with E-state index in [9.17, 15) is 0 Å². The van der Waals surface area contributed by atoms with Crippen molar-refractivity contribution < 1.29 is 0 Å². The smallest absolute Gasteiger partial charge is 0.0764 e. The third-order valence-electron chi connectivity index (χ3n) is 3.37. The van der Waals surface area contributed by atoms with Gasteiger partial charge in [-0.3, -0.25) is 9.58 Å². The number of hydrogen-bond acceptors (Lipinski definition) is 3. The molecule has 0 unspecified atom stereocenters. The van der Waals surface area contributed by atoms with Crippen molar-refractivity contribution in [1.82, 2.24) is 14.7 Å². The molecule has 90 valence electrons. The Morgan fingerprint density at radius 2 is 2.38 bits per heavy atom. The summed E-state index contributed by atoms with van der Waals surface area (Å²) in [5, 5.41) is 4.44. The molecule has 2 N–H and O–H groups in total. The van der Waals surface area contributed by atoms with Crippen LogP contribution in [-0.4, -0.2) is 33.8 Å². The Labute approximate surface area is 97.4 Å². The van der Waals surface area contributed by atoms with Gasteiger partial charge in [-0.2, -0.15) is 5.10 Å². The minimum Gasteiger partial charge on any atom is -0.330 e. The Morgan fingerprint density at radius 3 is 2.88 bits per heavy atom. The van der Waals surface area contributed by atoms with E-state index < -0.39 is 0 Å². The lowest BCUT2D eigenvalue weighted by Crippen LogP contribution is -2.40. The van der Waals surface area contributed by atoms with E-state index in [1.165, 1.54) is 25.0 Å². The Morgan fingerprint density at radius 1 is 1.56 bits per heavy atom. The molecule has 1 fully saturated rings. The second kappa shape index (κ2) is 5.46. The Kier molecular flexibility index (Phi) is 3.96. The van der Waals surface area contributed by atoms with E-state index in [1.807, 2.05) is 17.9 Å². The maximum Gasteiger partial charge on any atom is 0.0764 e. The molecule has 1 aromatic heterocycles. The molecule has 1 heterocycles. The molecule has 0 saturated heterocycles. The molecule has 1 saturated carbocycles. The summed E-state index contributed by atoms with van der Waals surface area (Å²) in [6, 6.07) is 2.88. The Hall–Kier alpha value is -0.870. The molecule has 1 aliphatic carbocycles. The van der Waals surface area contributed by atoms with Crippen molar-refractivity contribution >= 4 is 0 Å². The quantitative estimate of drug-likeness (QED) is 0.784. The van der Waals surface area contributed by atoms with Crippen LogP contribution >= 0.6 is 0 Å². The first-order chi connectivity index (χ1) is 7.79. The van der Waals surface area contributed by atoms with Crippen LogP contribution in [0.5, 0.6) is 0 Å². The fraction of sp³-hybridized carbons (Fsp3) is 0.750. The Bertz CT molecular complexity index is 317. The number of nitrogens with two attached hydrogens (primary N) is 1. The van der Waals surface area contributed by atoms with Crippen LogP contribution in [0.3, 0.4) is 0 Å². The monoisotopic (exact) mass is 222 g/mol. The van der Waals surface area contributed by atoms with Crippen LogP contribution in [0.25, 0.3) is 0 Å². The first-order valence-electron chi connectivity index (χ1n) is 6.22. The molecule has 2 rings (SSSR count). The van der Waals surface area contributed by atoms with Crippen LogP contribution in [0.15, 0.2) is 12.3 Å². The fourth-order valence-corrected chi connectivity index (χ4v) is 2.19. The van der Waals surface area contributed by atoms with Crippen molar-refractivity contribution in [2.75, 3.05) is 13.1 Å². The van der Waals surface area contributed by atoms with Crippen molar-refractivity contribution in [3.8, 4) is 0 Å². The van der Waals surface area contributed by atoms with Gasteiger partial charge in [0.1, 0.15) is 0 Å². The summed E-state index contributed by atoms with van der Waals surface area (Å²) >= 11 is 0. The third kappa shape index (κ3) is 2.83. The second-order valence-corrected chi connectivity index (χ2v) is 4.68. The standard InChI is InChI=1S/C12H22N4/c1-15-9-6-11(14-15)10-16(8-3-7-13)12-4-2-5-12/h6,9,12H,2-5,7-8,10,13H2,1H3. The molecule has 0 aromatic carbocycles. The van der Waals surface area contributed by atoms with E-state index in [0.717, 1.165) is 32.1 Å². The van der Waals surface area contributed by atoms with E-state index in [4.69, 9.17) is 5.73 Å². The number of nitrogens with zero attached hydrogens (tertiary/aromatic N) is 3.